The van der Waals surface area contributed by atoms with Gasteiger partial charge in [-0.15, -0.1) is 0 Å². The lowest BCUT2D eigenvalue weighted by Gasteiger charge is -2.26. The molecule has 3 rings (SSSR count). The molecule has 1 aromatic rings. The first kappa shape index (κ1) is 29.1. The summed E-state index contributed by atoms with van der Waals surface area (Å²) in [5.74, 6) is 1.43. The van der Waals surface area contributed by atoms with Gasteiger partial charge >= 0.3 is 0 Å². The second kappa shape index (κ2) is 15.7. The van der Waals surface area contributed by atoms with Gasteiger partial charge in [0.15, 0.2) is 0 Å². The number of nitrogens with one attached hydrogen (secondary N) is 1. The van der Waals surface area contributed by atoms with Crippen LogP contribution in [0.1, 0.15) is 37.7 Å². The number of rotatable bonds is 14. The molecular formula is C27H38ClN7O3. The lowest BCUT2D eigenvalue weighted by molar-refractivity contribution is -0.0617. The van der Waals surface area contributed by atoms with Gasteiger partial charge in [0.2, 0.25) is 5.88 Å². The van der Waals surface area contributed by atoms with E-state index in [1.807, 2.05) is 6.07 Å². The maximum atomic E-state index is 6.27. The minimum atomic E-state index is 0.237. The summed E-state index contributed by atoms with van der Waals surface area (Å²) in [6, 6.07) is 5.62. The van der Waals surface area contributed by atoms with Gasteiger partial charge in [-0.1, -0.05) is 43.5 Å². The highest BCUT2D eigenvalue weighted by Gasteiger charge is 2.20. The summed E-state index contributed by atoms with van der Waals surface area (Å²) < 4.78 is 16.7. The fourth-order valence-corrected chi connectivity index (χ4v) is 4.03. The molecule has 0 radical (unpaired) electrons. The molecule has 0 spiro atoms. The van der Waals surface area contributed by atoms with Gasteiger partial charge in [-0.3, -0.25) is 9.98 Å². The number of ether oxygens (including phenoxy) is 3. The van der Waals surface area contributed by atoms with Crippen molar-refractivity contribution in [2.24, 2.45) is 38.1 Å². The normalized spacial score (nSPS) is 18.1. The molecule has 206 valence electrons. The molecular weight excluding hydrogens is 506 g/mol. The van der Waals surface area contributed by atoms with E-state index >= 15 is 0 Å². The van der Waals surface area contributed by atoms with Crippen LogP contribution in [0.5, 0.6) is 5.75 Å². The molecule has 1 aliphatic carbocycles. The second-order valence-corrected chi connectivity index (χ2v) is 9.47. The molecule has 1 saturated carbocycles. The minimum Gasteiger partial charge on any atom is -0.490 e. The molecule has 10 nitrogen and oxygen atoms in total. The van der Waals surface area contributed by atoms with E-state index in [4.69, 9.17) is 48.0 Å². The predicted molar refractivity (Wildman–Crippen MR) is 154 cm³/mol. The number of hydrogen-bond donors (Lipinski definition) is 4. The Morgan fingerprint density at radius 1 is 1.18 bits per heavy atom. The van der Waals surface area contributed by atoms with Crippen molar-refractivity contribution in [3.05, 3.63) is 59.0 Å². The number of nitrogens with two attached hydrogens (primary N) is 3. The fraction of sp³-hybridized carbons (Fsp3) is 0.444. The highest BCUT2D eigenvalue weighted by Crippen LogP contribution is 2.28. The zero-order valence-electron chi connectivity index (χ0n) is 21.7. The van der Waals surface area contributed by atoms with Crippen LogP contribution in [0.3, 0.4) is 0 Å². The first-order valence-electron chi connectivity index (χ1n) is 12.8. The van der Waals surface area contributed by atoms with Gasteiger partial charge in [0.1, 0.15) is 23.9 Å². The van der Waals surface area contributed by atoms with Crippen LogP contribution in [0.25, 0.3) is 5.57 Å². The fourth-order valence-electron chi connectivity index (χ4n) is 3.86. The van der Waals surface area contributed by atoms with Gasteiger partial charge in [-0.25, -0.2) is 4.99 Å². The highest BCUT2D eigenvalue weighted by atomic mass is 35.5. The molecule has 2 aliphatic rings. The first-order chi connectivity index (χ1) is 18.5. The summed E-state index contributed by atoms with van der Waals surface area (Å²) >= 11 is 6.27. The smallest absolute Gasteiger partial charge is 0.210 e. The summed E-state index contributed by atoms with van der Waals surface area (Å²) in [4.78, 5) is 13.1. The molecule has 1 saturated heterocycles. The zero-order chi connectivity index (χ0) is 27.2. The van der Waals surface area contributed by atoms with Crippen molar-refractivity contribution in [2.45, 2.75) is 38.1 Å². The number of benzene rings is 1. The van der Waals surface area contributed by atoms with Crippen LogP contribution >= 0.6 is 11.6 Å². The Labute approximate surface area is 229 Å². The van der Waals surface area contributed by atoms with Crippen LogP contribution in [0.2, 0.25) is 5.02 Å². The summed E-state index contributed by atoms with van der Waals surface area (Å²) in [5, 5.41) is 3.60. The van der Waals surface area contributed by atoms with Crippen molar-refractivity contribution in [3.63, 3.8) is 0 Å². The van der Waals surface area contributed by atoms with E-state index in [0.29, 0.717) is 66.8 Å². The Kier molecular flexibility index (Phi) is 12.0. The number of nitrogens with zero attached hydrogens (tertiary/aromatic N) is 3. The Bertz CT molecular complexity index is 1070. The Morgan fingerprint density at radius 3 is 2.66 bits per heavy atom. The first-order valence-corrected chi connectivity index (χ1v) is 13.2. The molecule has 7 N–H and O–H groups in total. The van der Waals surface area contributed by atoms with Crippen molar-refractivity contribution in [3.8, 4) is 5.75 Å². The number of hydrogen-bond acceptors (Lipinski definition) is 9. The topological polar surface area (TPSA) is 155 Å². The van der Waals surface area contributed by atoms with E-state index in [1.165, 1.54) is 31.8 Å². The largest absolute Gasteiger partial charge is 0.490 e. The zero-order valence-corrected chi connectivity index (χ0v) is 22.4. The molecule has 0 unspecified atom stereocenters. The lowest BCUT2D eigenvalue weighted by atomic mass is 9.96. The average molecular weight is 544 g/mol. The SMILES string of the molecule is C=C(/N=C\C(=C/N)c1ccc(Cl)c(OCCN=CN)c1)N/C(C=NC1CCCCC1)=C(/N)OCC1COC1. The van der Waals surface area contributed by atoms with Crippen LogP contribution in [0, 0.1) is 5.92 Å². The lowest BCUT2D eigenvalue weighted by Crippen LogP contribution is -2.32. The quantitative estimate of drug-likeness (QED) is 0.121. The standard InChI is InChI=1S/C27H38ClN7O3/c1-19(33-13-22(12-29)21-7-8-24(28)26(11-21)37-10-9-32-18-30)35-25(14-34-23-5-3-2-4-6-23)27(31)38-17-20-15-36-16-20/h7-8,11-14,18,20,23,35H,1-6,9-10,15-17,29,31H2,(H2,30,32)/b22-12+,27-25-,33-13-,34-14?. The Morgan fingerprint density at radius 2 is 1.97 bits per heavy atom. The van der Waals surface area contributed by atoms with E-state index in [9.17, 15) is 0 Å². The Hall–Kier alpha value is -3.50. The minimum absolute atomic E-state index is 0.237. The second-order valence-electron chi connectivity index (χ2n) is 9.06. The molecule has 11 heteroatoms. The van der Waals surface area contributed by atoms with E-state index in [1.54, 1.807) is 24.6 Å². The molecule has 0 aromatic heterocycles. The third kappa shape index (κ3) is 9.42. The number of aliphatic imine (C=N–C) groups is 3. The number of allylic oxidation sites excluding steroid dienone is 2. The van der Waals surface area contributed by atoms with Crippen molar-refractivity contribution < 1.29 is 14.2 Å². The van der Waals surface area contributed by atoms with Crippen molar-refractivity contribution in [2.75, 3.05) is 33.0 Å². The number of halogens is 1. The van der Waals surface area contributed by atoms with Gasteiger partial charge in [0.25, 0.3) is 0 Å². The van der Waals surface area contributed by atoms with Crippen LogP contribution in [0.15, 0.2) is 63.4 Å². The Balaban J connectivity index is 1.68. The van der Waals surface area contributed by atoms with Crippen molar-refractivity contribution in [1.82, 2.24) is 5.32 Å². The monoisotopic (exact) mass is 543 g/mol. The van der Waals surface area contributed by atoms with Gasteiger partial charge in [0.05, 0.1) is 50.0 Å². The van der Waals surface area contributed by atoms with Gasteiger partial charge in [-0.2, -0.15) is 0 Å². The third-order valence-corrected chi connectivity index (χ3v) is 6.41. The summed E-state index contributed by atoms with van der Waals surface area (Å²) in [6.45, 7) is 6.60. The van der Waals surface area contributed by atoms with Gasteiger partial charge < -0.3 is 36.7 Å². The molecule has 38 heavy (non-hydrogen) atoms. The van der Waals surface area contributed by atoms with E-state index in [0.717, 1.165) is 18.4 Å². The molecule has 1 aliphatic heterocycles. The van der Waals surface area contributed by atoms with Crippen molar-refractivity contribution >= 4 is 35.9 Å². The van der Waals surface area contributed by atoms with E-state index in [-0.39, 0.29) is 11.9 Å². The summed E-state index contributed by atoms with van der Waals surface area (Å²) in [6.07, 6.45) is 11.8. The summed E-state index contributed by atoms with van der Waals surface area (Å²) in [7, 11) is 0. The highest BCUT2D eigenvalue weighted by molar-refractivity contribution is 6.32. The molecule has 0 atom stereocenters. The predicted octanol–water partition coefficient (Wildman–Crippen LogP) is 3.33. The average Bonchev–Trinajstić information content (AvgIpc) is 2.90. The van der Waals surface area contributed by atoms with Crippen LogP contribution in [-0.4, -0.2) is 57.8 Å². The summed E-state index contributed by atoms with van der Waals surface area (Å²) in [5.41, 5.74) is 19.3. The van der Waals surface area contributed by atoms with E-state index in [2.05, 4.69) is 21.9 Å². The van der Waals surface area contributed by atoms with Crippen LogP contribution < -0.4 is 27.3 Å². The van der Waals surface area contributed by atoms with Crippen LogP contribution in [-0.2, 0) is 9.47 Å². The molecule has 0 amide bonds. The molecule has 1 aromatic carbocycles. The maximum absolute atomic E-state index is 6.27. The van der Waals surface area contributed by atoms with Gasteiger partial charge in [0, 0.05) is 23.9 Å². The molecule has 2 fully saturated rings. The third-order valence-electron chi connectivity index (χ3n) is 6.10. The molecule has 0 bridgehead atoms. The van der Waals surface area contributed by atoms with E-state index < -0.39 is 0 Å². The van der Waals surface area contributed by atoms with Crippen molar-refractivity contribution in [1.29, 1.82) is 0 Å². The van der Waals surface area contributed by atoms with Crippen LogP contribution in [0.4, 0.5) is 0 Å². The van der Waals surface area contributed by atoms with Gasteiger partial charge in [-0.05, 0) is 30.5 Å². The maximum Gasteiger partial charge on any atom is 0.210 e. The molecule has 1 heterocycles.